The van der Waals surface area contributed by atoms with Gasteiger partial charge in [0.1, 0.15) is 6.04 Å². The summed E-state index contributed by atoms with van der Waals surface area (Å²) in [6.45, 7) is 3.09. The van der Waals surface area contributed by atoms with E-state index in [9.17, 15) is 4.79 Å². The van der Waals surface area contributed by atoms with Crippen LogP contribution in [-0.2, 0) is 9.53 Å². The third kappa shape index (κ3) is 3.94. The van der Waals surface area contributed by atoms with E-state index in [1.54, 1.807) is 24.2 Å². The summed E-state index contributed by atoms with van der Waals surface area (Å²) in [5.41, 5.74) is 0. The van der Waals surface area contributed by atoms with Gasteiger partial charge in [0, 0.05) is 26.5 Å². The van der Waals surface area contributed by atoms with Gasteiger partial charge in [0.25, 0.3) is 0 Å². The molecule has 90 valence electrons. The first kappa shape index (κ1) is 13.2. The SMILES string of the molecule is COCCCNC(=O)[C@H](C)n1cc(Br)cn1. The summed E-state index contributed by atoms with van der Waals surface area (Å²) in [7, 11) is 1.64. The lowest BCUT2D eigenvalue weighted by molar-refractivity contribution is -0.124. The van der Waals surface area contributed by atoms with E-state index in [0.29, 0.717) is 13.2 Å². The molecule has 0 aliphatic rings. The average Bonchev–Trinajstić information content (AvgIpc) is 2.70. The number of hydrogen-bond donors (Lipinski definition) is 1. The predicted molar refractivity (Wildman–Crippen MR) is 64.1 cm³/mol. The Morgan fingerprint density at radius 1 is 1.75 bits per heavy atom. The van der Waals surface area contributed by atoms with Crippen LogP contribution in [0.25, 0.3) is 0 Å². The quantitative estimate of drug-likeness (QED) is 0.805. The van der Waals surface area contributed by atoms with E-state index in [-0.39, 0.29) is 11.9 Å². The number of aromatic nitrogens is 2. The lowest BCUT2D eigenvalue weighted by atomic mass is 10.3. The minimum Gasteiger partial charge on any atom is -0.385 e. The zero-order chi connectivity index (χ0) is 12.0. The first-order valence-corrected chi connectivity index (χ1v) is 5.90. The standard InChI is InChI=1S/C10H16BrN3O2/c1-8(14-7-9(11)6-13-14)10(15)12-4-3-5-16-2/h6-8H,3-5H2,1-2H3,(H,12,15)/t8-/m0/s1. The van der Waals surface area contributed by atoms with Gasteiger partial charge in [-0.15, -0.1) is 0 Å². The molecular weight excluding hydrogens is 274 g/mol. The number of amides is 1. The number of rotatable bonds is 6. The van der Waals surface area contributed by atoms with Gasteiger partial charge in [0.05, 0.1) is 10.7 Å². The number of carbonyl (C=O) groups is 1. The molecule has 1 aromatic rings. The van der Waals surface area contributed by atoms with Crippen molar-refractivity contribution in [3.63, 3.8) is 0 Å². The Hall–Kier alpha value is -0.880. The maximum Gasteiger partial charge on any atom is 0.244 e. The van der Waals surface area contributed by atoms with Crippen molar-refractivity contribution in [3.05, 3.63) is 16.9 Å². The normalized spacial score (nSPS) is 12.4. The Kier molecular flexibility index (Phi) is 5.48. The molecule has 0 aliphatic heterocycles. The van der Waals surface area contributed by atoms with E-state index in [0.717, 1.165) is 10.9 Å². The summed E-state index contributed by atoms with van der Waals surface area (Å²) in [6, 6.07) is -0.297. The van der Waals surface area contributed by atoms with Gasteiger partial charge in [0.2, 0.25) is 5.91 Å². The first-order valence-electron chi connectivity index (χ1n) is 5.11. The Morgan fingerprint density at radius 3 is 3.06 bits per heavy atom. The molecule has 1 rings (SSSR count). The van der Waals surface area contributed by atoms with Gasteiger partial charge in [-0.05, 0) is 29.3 Å². The fourth-order valence-electron chi connectivity index (χ4n) is 1.22. The number of hydrogen-bond acceptors (Lipinski definition) is 3. The van der Waals surface area contributed by atoms with Gasteiger partial charge in [0.15, 0.2) is 0 Å². The summed E-state index contributed by atoms with van der Waals surface area (Å²) >= 11 is 3.29. The van der Waals surface area contributed by atoms with E-state index in [4.69, 9.17) is 4.74 Å². The van der Waals surface area contributed by atoms with E-state index in [1.165, 1.54) is 0 Å². The van der Waals surface area contributed by atoms with Crippen molar-refractivity contribution < 1.29 is 9.53 Å². The zero-order valence-electron chi connectivity index (χ0n) is 9.44. The predicted octanol–water partition coefficient (Wildman–Crippen LogP) is 1.36. The largest absolute Gasteiger partial charge is 0.385 e. The Bertz CT molecular complexity index is 341. The van der Waals surface area contributed by atoms with Gasteiger partial charge < -0.3 is 10.1 Å². The highest BCUT2D eigenvalue weighted by atomic mass is 79.9. The van der Waals surface area contributed by atoms with Gasteiger partial charge in [-0.1, -0.05) is 0 Å². The fraction of sp³-hybridized carbons (Fsp3) is 0.600. The van der Waals surface area contributed by atoms with Gasteiger partial charge in [-0.2, -0.15) is 5.10 Å². The fourth-order valence-corrected chi connectivity index (χ4v) is 1.52. The summed E-state index contributed by atoms with van der Waals surface area (Å²) in [5.74, 6) is -0.0355. The summed E-state index contributed by atoms with van der Waals surface area (Å²) in [5, 5.41) is 6.90. The zero-order valence-corrected chi connectivity index (χ0v) is 11.0. The van der Waals surface area contributed by atoms with Crippen molar-refractivity contribution >= 4 is 21.8 Å². The third-order valence-electron chi connectivity index (χ3n) is 2.17. The van der Waals surface area contributed by atoms with Crippen LogP contribution in [0.1, 0.15) is 19.4 Å². The van der Waals surface area contributed by atoms with Crippen LogP contribution in [0.15, 0.2) is 16.9 Å². The highest BCUT2D eigenvalue weighted by Gasteiger charge is 2.14. The molecule has 0 unspecified atom stereocenters. The van der Waals surface area contributed by atoms with Crippen LogP contribution in [0.3, 0.4) is 0 Å². The van der Waals surface area contributed by atoms with Crippen molar-refractivity contribution in [2.24, 2.45) is 0 Å². The van der Waals surface area contributed by atoms with Gasteiger partial charge >= 0.3 is 0 Å². The molecule has 1 amide bonds. The molecule has 0 saturated heterocycles. The van der Waals surface area contributed by atoms with Crippen LogP contribution < -0.4 is 5.32 Å². The molecule has 1 aromatic heterocycles. The lowest BCUT2D eigenvalue weighted by Gasteiger charge is -2.12. The second-order valence-corrected chi connectivity index (χ2v) is 4.37. The van der Waals surface area contributed by atoms with E-state index < -0.39 is 0 Å². The Labute approximate surface area is 103 Å². The second-order valence-electron chi connectivity index (χ2n) is 3.45. The Morgan fingerprint density at radius 2 is 2.50 bits per heavy atom. The van der Waals surface area contributed by atoms with E-state index in [2.05, 4.69) is 26.3 Å². The van der Waals surface area contributed by atoms with E-state index >= 15 is 0 Å². The number of methoxy groups -OCH3 is 1. The van der Waals surface area contributed by atoms with Crippen molar-refractivity contribution in [2.75, 3.05) is 20.3 Å². The average molecular weight is 290 g/mol. The molecule has 1 heterocycles. The molecule has 0 aromatic carbocycles. The Balaban J connectivity index is 2.36. The molecule has 6 heteroatoms. The number of ether oxygens (including phenoxy) is 1. The van der Waals surface area contributed by atoms with Crippen molar-refractivity contribution in [1.29, 1.82) is 0 Å². The molecule has 1 atom stereocenters. The minimum atomic E-state index is -0.297. The number of halogens is 1. The lowest BCUT2D eigenvalue weighted by Crippen LogP contribution is -2.32. The van der Waals surface area contributed by atoms with Crippen molar-refractivity contribution in [3.8, 4) is 0 Å². The molecule has 0 aliphatic carbocycles. The van der Waals surface area contributed by atoms with E-state index in [1.807, 2.05) is 6.92 Å². The van der Waals surface area contributed by atoms with Crippen LogP contribution in [0, 0.1) is 0 Å². The maximum absolute atomic E-state index is 11.7. The molecule has 0 radical (unpaired) electrons. The molecule has 16 heavy (non-hydrogen) atoms. The maximum atomic E-state index is 11.7. The molecule has 0 bridgehead atoms. The van der Waals surface area contributed by atoms with Crippen molar-refractivity contribution in [2.45, 2.75) is 19.4 Å². The second kappa shape index (κ2) is 6.65. The van der Waals surface area contributed by atoms with Gasteiger partial charge in [-0.3, -0.25) is 9.48 Å². The van der Waals surface area contributed by atoms with Crippen LogP contribution in [0.2, 0.25) is 0 Å². The topological polar surface area (TPSA) is 56.1 Å². The summed E-state index contributed by atoms with van der Waals surface area (Å²) < 4.78 is 7.38. The molecule has 0 saturated carbocycles. The van der Waals surface area contributed by atoms with Crippen molar-refractivity contribution in [1.82, 2.24) is 15.1 Å². The molecule has 0 spiro atoms. The van der Waals surface area contributed by atoms with Gasteiger partial charge in [-0.25, -0.2) is 0 Å². The minimum absolute atomic E-state index is 0.0355. The molecular formula is C10H16BrN3O2. The highest BCUT2D eigenvalue weighted by Crippen LogP contribution is 2.11. The summed E-state index contributed by atoms with van der Waals surface area (Å²) in [4.78, 5) is 11.7. The van der Waals surface area contributed by atoms with Crippen LogP contribution in [0.4, 0.5) is 0 Å². The number of nitrogens with one attached hydrogen (secondary N) is 1. The molecule has 5 nitrogen and oxygen atoms in total. The monoisotopic (exact) mass is 289 g/mol. The van der Waals surface area contributed by atoms with Crippen LogP contribution in [-0.4, -0.2) is 35.9 Å². The smallest absolute Gasteiger partial charge is 0.244 e. The summed E-state index contributed by atoms with van der Waals surface area (Å²) in [6.07, 6.45) is 4.26. The molecule has 1 N–H and O–H groups in total. The number of carbonyl (C=O) groups excluding carboxylic acids is 1. The third-order valence-corrected chi connectivity index (χ3v) is 2.58. The highest BCUT2D eigenvalue weighted by molar-refractivity contribution is 9.10. The van der Waals surface area contributed by atoms with Crippen LogP contribution >= 0.6 is 15.9 Å². The number of nitrogens with zero attached hydrogens (tertiary/aromatic N) is 2. The first-order chi connectivity index (χ1) is 7.65. The molecule has 0 fully saturated rings. The van der Waals surface area contributed by atoms with Crippen LogP contribution in [0.5, 0.6) is 0 Å².